The Labute approximate surface area is 166 Å². The summed E-state index contributed by atoms with van der Waals surface area (Å²) in [5.74, 6) is -1.25. The number of rotatable bonds is 9. The lowest BCUT2D eigenvalue weighted by Gasteiger charge is -2.13. The van der Waals surface area contributed by atoms with Gasteiger partial charge in [-0.25, -0.2) is 0 Å². The van der Waals surface area contributed by atoms with Gasteiger partial charge in [-0.15, -0.1) is 0 Å². The summed E-state index contributed by atoms with van der Waals surface area (Å²) < 4.78 is 10.4. The first-order valence-corrected chi connectivity index (χ1v) is 8.81. The number of nitro benzene ring substituents is 1. The van der Waals surface area contributed by atoms with E-state index in [0.29, 0.717) is 17.9 Å². The van der Waals surface area contributed by atoms with Crippen molar-refractivity contribution in [2.75, 3.05) is 13.2 Å². The van der Waals surface area contributed by atoms with Gasteiger partial charge in [-0.3, -0.25) is 24.5 Å². The molecule has 2 aromatic rings. The third-order valence-electron chi connectivity index (χ3n) is 3.84. The number of carbonyl (C=O) groups excluding carboxylic acids is 3. The molecule has 0 saturated heterocycles. The van der Waals surface area contributed by atoms with Gasteiger partial charge in [-0.2, -0.15) is 0 Å². The Kier molecular flexibility index (Phi) is 7.41. The molecular formula is C20H20N2O7. The largest absolute Gasteiger partial charge is 0.494 e. The van der Waals surface area contributed by atoms with Gasteiger partial charge in [0.1, 0.15) is 12.3 Å². The Morgan fingerprint density at radius 1 is 1.10 bits per heavy atom. The zero-order valence-corrected chi connectivity index (χ0v) is 15.9. The summed E-state index contributed by atoms with van der Waals surface area (Å²) in [5, 5.41) is 13.1. The maximum absolute atomic E-state index is 12.3. The molecule has 0 fully saturated rings. The Balaban J connectivity index is 1.87. The van der Waals surface area contributed by atoms with Crippen molar-refractivity contribution in [1.82, 2.24) is 5.32 Å². The second kappa shape index (κ2) is 9.98. The van der Waals surface area contributed by atoms with Crippen LogP contribution in [-0.2, 0) is 9.53 Å². The lowest BCUT2D eigenvalue weighted by molar-refractivity contribution is -0.384. The normalized spacial score (nSPS) is 11.2. The first-order chi connectivity index (χ1) is 13.8. The number of non-ortho nitro benzene ring substituents is 1. The van der Waals surface area contributed by atoms with Crippen molar-refractivity contribution in [3.63, 3.8) is 0 Å². The van der Waals surface area contributed by atoms with Crippen molar-refractivity contribution in [1.29, 1.82) is 0 Å². The minimum Gasteiger partial charge on any atom is -0.494 e. The van der Waals surface area contributed by atoms with Crippen LogP contribution in [0.5, 0.6) is 5.75 Å². The van der Waals surface area contributed by atoms with Crippen LogP contribution in [0.25, 0.3) is 0 Å². The summed E-state index contributed by atoms with van der Waals surface area (Å²) in [4.78, 5) is 46.4. The Hall–Kier alpha value is -3.75. The first-order valence-electron chi connectivity index (χ1n) is 8.81. The fourth-order valence-electron chi connectivity index (χ4n) is 2.42. The smallest absolute Gasteiger partial charge is 0.326 e. The molecule has 0 unspecified atom stereocenters. The van der Waals surface area contributed by atoms with E-state index < -0.39 is 35.2 Å². The summed E-state index contributed by atoms with van der Waals surface area (Å²) >= 11 is 0. The van der Waals surface area contributed by atoms with Gasteiger partial charge in [0.2, 0.25) is 5.78 Å². The second-order valence-corrected chi connectivity index (χ2v) is 5.94. The molecule has 9 heteroatoms. The molecule has 1 N–H and O–H groups in total. The molecule has 1 amide bonds. The highest BCUT2D eigenvalue weighted by Crippen LogP contribution is 2.15. The monoisotopic (exact) mass is 400 g/mol. The molecule has 0 heterocycles. The molecule has 0 aromatic heterocycles. The fraction of sp³-hybridized carbons (Fsp3) is 0.250. The first kappa shape index (κ1) is 21.5. The third kappa shape index (κ3) is 6.13. The van der Waals surface area contributed by atoms with E-state index in [9.17, 15) is 24.5 Å². The van der Waals surface area contributed by atoms with Crippen LogP contribution in [0.1, 0.15) is 34.6 Å². The summed E-state index contributed by atoms with van der Waals surface area (Å²) in [5.41, 5.74) is 0.148. The quantitative estimate of drug-likeness (QED) is 0.297. The average Bonchev–Trinajstić information content (AvgIpc) is 2.72. The number of nitrogens with one attached hydrogen (secondary N) is 1. The zero-order valence-electron chi connectivity index (χ0n) is 15.9. The van der Waals surface area contributed by atoms with Crippen molar-refractivity contribution in [3.05, 3.63) is 69.8 Å². The Morgan fingerprint density at radius 3 is 2.41 bits per heavy atom. The van der Waals surface area contributed by atoms with E-state index in [0.717, 1.165) is 6.07 Å². The molecule has 2 rings (SSSR count). The van der Waals surface area contributed by atoms with Crippen LogP contribution >= 0.6 is 0 Å². The molecule has 1 atom stereocenters. The lowest BCUT2D eigenvalue weighted by Crippen LogP contribution is -2.34. The number of esters is 1. The summed E-state index contributed by atoms with van der Waals surface area (Å²) in [6.45, 7) is 3.29. The molecule has 0 bridgehead atoms. The predicted molar refractivity (Wildman–Crippen MR) is 103 cm³/mol. The topological polar surface area (TPSA) is 125 Å². The van der Waals surface area contributed by atoms with Crippen molar-refractivity contribution in [2.45, 2.75) is 20.0 Å². The summed E-state index contributed by atoms with van der Waals surface area (Å²) in [6.07, 6.45) is -1.05. The molecular weight excluding hydrogens is 380 g/mol. The number of ether oxygens (including phenoxy) is 2. The molecule has 29 heavy (non-hydrogen) atoms. The van der Waals surface area contributed by atoms with Crippen molar-refractivity contribution in [2.24, 2.45) is 0 Å². The highest BCUT2D eigenvalue weighted by Gasteiger charge is 2.20. The predicted octanol–water partition coefficient (Wildman–Crippen LogP) is 2.54. The summed E-state index contributed by atoms with van der Waals surface area (Å²) in [6, 6.07) is 11.5. The van der Waals surface area contributed by atoms with Crippen LogP contribution in [0.4, 0.5) is 5.69 Å². The average molecular weight is 400 g/mol. The van der Waals surface area contributed by atoms with Crippen LogP contribution in [0.2, 0.25) is 0 Å². The van der Waals surface area contributed by atoms with Crippen LogP contribution in [0.3, 0.4) is 0 Å². The van der Waals surface area contributed by atoms with E-state index in [1.165, 1.54) is 25.1 Å². The van der Waals surface area contributed by atoms with Crippen LogP contribution < -0.4 is 10.1 Å². The molecule has 0 spiro atoms. The number of nitrogens with zero attached hydrogens (tertiary/aromatic N) is 1. The fourth-order valence-corrected chi connectivity index (χ4v) is 2.42. The number of carbonyl (C=O) groups is 3. The van der Waals surface area contributed by atoms with Crippen LogP contribution in [0.15, 0.2) is 48.5 Å². The Bertz CT molecular complexity index is 909. The number of hydrogen-bond acceptors (Lipinski definition) is 7. The molecule has 2 aromatic carbocycles. The minimum absolute atomic E-state index is 0.0329. The van der Waals surface area contributed by atoms with Crippen molar-refractivity contribution in [3.8, 4) is 5.75 Å². The van der Waals surface area contributed by atoms with Gasteiger partial charge in [0.05, 0.1) is 11.5 Å². The van der Waals surface area contributed by atoms with Gasteiger partial charge < -0.3 is 14.8 Å². The van der Waals surface area contributed by atoms with Crippen LogP contribution in [-0.4, -0.2) is 41.8 Å². The zero-order chi connectivity index (χ0) is 21.4. The maximum Gasteiger partial charge on any atom is 0.326 e. The number of Topliss-reactive ketones (excluding diaryl/α,β-unsaturated/α-hetero) is 1. The summed E-state index contributed by atoms with van der Waals surface area (Å²) in [7, 11) is 0. The molecule has 152 valence electrons. The van der Waals surface area contributed by atoms with Crippen molar-refractivity contribution >= 4 is 23.3 Å². The molecule has 0 radical (unpaired) electrons. The van der Waals surface area contributed by atoms with Gasteiger partial charge in [0, 0.05) is 23.3 Å². The molecule has 9 nitrogen and oxygen atoms in total. The van der Waals surface area contributed by atoms with E-state index in [1.807, 2.05) is 6.92 Å². The number of benzene rings is 2. The highest BCUT2D eigenvalue weighted by molar-refractivity contribution is 6.00. The van der Waals surface area contributed by atoms with Gasteiger partial charge in [0.15, 0.2) is 6.10 Å². The van der Waals surface area contributed by atoms with E-state index in [4.69, 9.17) is 9.47 Å². The minimum atomic E-state index is -1.05. The molecule has 0 saturated carbocycles. The van der Waals surface area contributed by atoms with Crippen LogP contribution in [0, 0.1) is 10.1 Å². The number of amides is 1. The van der Waals surface area contributed by atoms with Gasteiger partial charge in [-0.1, -0.05) is 6.07 Å². The molecule has 0 aliphatic heterocycles. The standard InChI is InChI=1S/C20H20N2O7/c1-3-28-17-9-7-14(8-10-17)19(24)13(2)29-18(23)12-21-20(25)15-5-4-6-16(11-15)22(26)27/h4-11,13H,3,12H2,1-2H3,(H,21,25)/t13-/m1/s1. The van der Waals surface area contributed by atoms with E-state index in [2.05, 4.69) is 5.32 Å². The Morgan fingerprint density at radius 2 is 1.79 bits per heavy atom. The number of ketones is 1. The maximum atomic E-state index is 12.3. The number of nitro groups is 1. The van der Waals surface area contributed by atoms with E-state index in [1.54, 1.807) is 24.3 Å². The lowest BCUT2D eigenvalue weighted by atomic mass is 10.1. The third-order valence-corrected chi connectivity index (χ3v) is 3.84. The number of hydrogen-bond donors (Lipinski definition) is 1. The van der Waals surface area contributed by atoms with Crippen molar-refractivity contribution < 1.29 is 28.8 Å². The second-order valence-electron chi connectivity index (χ2n) is 5.94. The van der Waals surface area contributed by atoms with Gasteiger partial charge in [-0.05, 0) is 44.2 Å². The van der Waals surface area contributed by atoms with E-state index >= 15 is 0 Å². The van der Waals surface area contributed by atoms with E-state index in [-0.39, 0.29) is 11.3 Å². The van der Waals surface area contributed by atoms with Gasteiger partial charge in [0.25, 0.3) is 11.6 Å². The highest BCUT2D eigenvalue weighted by atomic mass is 16.6. The molecule has 0 aliphatic carbocycles. The molecule has 0 aliphatic rings. The van der Waals surface area contributed by atoms with Gasteiger partial charge >= 0.3 is 5.97 Å². The SMILES string of the molecule is CCOc1ccc(C(=O)[C@@H](C)OC(=O)CNC(=O)c2cccc([N+](=O)[O-])c2)cc1.